The molecule has 136 valence electrons. The quantitative estimate of drug-likeness (QED) is 0.790. The molecule has 2 rings (SSSR count). The monoisotopic (exact) mass is 336 g/mol. The molecule has 5 nitrogen and oxygen atoms in total. The van der Waals surface area contributed by atoms with Gasteiger partial charge in [-0.3, -0.25) is 9.80 Å². The van der Waals surface area contributed by atoms with Crippen molar-refractivity contribution in [2.24, 2.45) is 0 Å². The summed E-state index contributed by atoms with van der Waals surface area (Å²) in [4.78, 5) is 4.86. The van der Waals surface area contributed by atoms with Crippen molar-refractivity contribution < 1.29 is 14.6 Å². The lowest BCUT2D eigenvalue weighted by Crippen LogP contribution is -2.53. The molecule has 0 saturated carbocycles. The highest BCUT2D eigenvalue weighted by Gasteiger charge is 2.28. The maximum atomic E-state index is 10.0. The molecule has 1 aromatic carbocycles. The molecule has 24 heavy (non-hydrogen) atoms. The van der Waals surface area contributed by atoms with Crippen molar-refractivity contribution in [3.05, 3.63) is 23.8 Å². The fraction of sp³-hybridized carbons (Fsp3) is 0.684. The number of aliphatic hydroxyl groups excluding tert-OH is 1. The Kier molecular flexibility index (Phi) is 7.34. The topological polar surface area (TPSA) is 45.2 Å². The Morgan fingerprint density at radius 1 is 1.12 bits per heavy atom. The summed E-state index contributed by atoms with van der Waals surface area (Å²) in [5.41, 5.74) is 1.08. The maximum Gasteiger partial charge on any atom is 0.161 e. The van der Waals surface area contributed by atoms with Crippen LogP contribution in [0.25, 0.3) is 0 Å². The van der Waals surface area contributed by atoms with Gasteiger partial charge in [-0.25, -0.2) is 0 Å². The van der Waals surface area contributed by atoms with Gasteiger partial charge in [0.1, 0.15) is 0 Å². The van der Waals surface area contributed by atoms with Gasteiger partial charge in [-0.15, -0.1) is 0 Å². The third-order valence-corrected chi connectivity index (χ3v) is 4.77. The van der Waals surface area contributed by atoms with Gasteiger partial charge in [0.05, 0.1) is 25.9 Å². The third kappa shape index (κ3) is 4.41. The van der Waals surface area contributed by atoms with Gasteiger partial charge in [0.25, 0.3) is 0 Å². The number of ether oxygens (including phenoxy) is 2. The van der Waals surface area contributed by atoms with Crippen LogP contribution in [0.4, 0.5) is 0 Å². The second-order valence-electron chi connectivity index (χ2n) is 6.24. The predicted molar refractivity (Wildman–Crippen MR) is 96.9 cm³/mol. The SMILES string of the molecule is CCOc1ccc(C(CO)N2CCN(CC)C(C)C2)cc1OCC. The number of likely N-dealkylation sites (N-methyl/N-ethyl adjacent to an activating group) is 1. The lowest BCUT2D eigenvalue weighted by Gasteiger charge is -2.42. The Bertz CT molecular complexity index is 509. The van der Waals surface area contributed by atoms with Gasteiger partial charge in [-0.2, -0.15) is 0 Å². The van der Waals surface area contributed by atoms with Crippen LogP contribution in [0.5, 0.6) is 11.5 Å². The van der Waals surface area contributed by atoms with Gasteiger partial charge >= 0.3 is 0 Å². The molecule has 1 aromatic rings. The molecule has 0 amide bonds. The number of aliphatic hydroxyl groups is 1. The minimum absolute atomic E-state index is 0.00124. The Morgan fingerprint density at radius 3 is 2.42 bits per heavy atom. The summed E-state index contributed by atoms with van der Waals surface area (Å²) in [6.45, 7) is 13.8. The van der Waals surface area contributed by atoms with Gasteiger partial charge in [0, 0.05) is 25.7 Å². The molecule has 0 spiro atoms. The summed E-state index contributed by atoms with van der Waals surface area (Å²) in [5, 5.41) is 10.0. The Hall–Kier alpha value is -1.30. The van der Waals surface area contributed by atoms with Crippen molar-refractivity contribution in [1.29, 1.82) is 0 Å². The van der Waals surface area contributed by atoms with Crippen molar-refractivity contribution in [1.82, 2.24) is 9.80 Å². The zero-order chi connectivity index (χ0) is 17.5. The van der Waals surface area contributed by atoms with Crippen molar-refractivity contribution >= 4 is 0 Å². The summed E-state index contributed by atoms with van der Waals surface area (Å²) < 4.78 is 11.4. The highest BCUT2D eigenvalue weighted by molar-refractivity contribution is 5.44. The van der Waals surface area contributed by atoms with Crippen molar-refractivity contribution in [3.63, 3.8) is 0 Å². The molecule has 5 heteroatoms. The zero-order valence-electron chi connectivity index (χ0n) is 15.5. The van der Waals surface area contributed by atoms with E-state index < -0.39 is 0 Å². The van der Waals surface area contributed by atoms with Crippen LogP contribution in [0.1, 0.15) is 39.3 Å². The second-order valence-corrected chi connectivity index (χ2v) is 6.24. The average molecular weight is 336 g/mol. The van der Waals surface area contributed by atoms with E-state index in [0.717, 1.165) is 43.2 Å². The molecule has 1 heterocycles. The van der Waals surface area contributed by atoms with E-state index in [1.54, 1.807) is 0 Å². The fourth-order valence-corrected chi connectivity index (χ4v) is 3.48. The number of benzene rings is 1. The molecule has 1 saturated heterocycles. The number of nitrogens with zero attached hydrogens (tertiary/aromatic N) is 2. The number of rotatable bonds is 8. The second kappa shape index (κ2) is 9.25. The number of piperazine rings is 1. The normalized spacial score (nSPS) is 20.8. The largest absolute Gasteiger partial charge is 0.490 e. The molecule has 1 fully saturated rings. The predicted octanol–water partition coefficient (Wildman–Crippen LogP) is 2.54. The Balaban J connectivity index is 2.19. The molecular weight excluding hydrogens is 304 g/mol. The van der Waals surface area contributed by atoms with E-state index in [4.69, 9.17) is 9.47 Å². The minimum Gasteiger partial charge on any atom is -0.490 e. The lowest BCUT2D eigenvalue weighted by atomic mass is 10.0. The van der Waals surface area contributed by atoms with E-state index in [2.05, 4.69) is 23.6 Å². The Labute approximate surface area is 146 Å². The first kappa shape index (κ1) is 19.0. The molecule has 2 unspecified atom stereocenters. The van der Waals surface area contributed by atoms with Crippen LogP contribution in [0.3, 0.4) is 0 Å². The van der Waals surface area contributed by atoms with Crippen molar-refractivity contribution in [2.75, 3.05) is 46.0 Å². The first-order valence-electron chi connectivity index (χ1n) is 9.13. The van der Waals surface area contributed by atoms with Crippen LogP contribution < -0.4 is 9.47 Å². The highest BCUT2D eigenvalue weighted by Crippen LogP contribution is 2.33. The van der Waals surface area contributed by atoms with Crippen LogP contribution in [-0.4, -0.2) is 66.9 Å². The van der Waals surface area contributed by atoms with Gasteiger partial charge in [0.2, 0.25) is 0 Å². The van der Waals surface area contributed by atoms with E-state index in [1.165, 1.54) is 0 Å². The summed E-state index contributed by atoms with van der Waals surface area (Å²) in [5.74, 6) is 1.53. The minimum atomic E-state index is 0.00124. The van der Waals surface area contributed by atoms with Crippen molar-refractivity contribution in [3.8, 4) is 11.5 Å². The summed E-state index contributed by atoms with van der Waals surface area (Å²) >= 11 is 0. The molecule has 1 aliphatic heterocycles. The summed E-state index contributed by atoms with van der Waals surface area (Å²) in [6, 6.07) is 6.53. The van der Waals surface area contributed by atoms with Crippen molar-refractivity contribution in [2.45, 2.75) is 39.8 Å². The van der Waals surface area contributed by atoms with Gasteiger partial charge in [-0.1, -0.05) is 13.0 Å². The summed E-state index contributed by atoms with van der Waals surface area (Å²) in [7, 11) is 0. The van der Waals surface area contributed by atoms with Crippen LogP contribution in [-0.2, 0) is 0 Å². The zero-order valence-corrected chi connectivity index (χ0v) is 15.5. The van der Waals surface area contributed by atoms with E-state index in [-0.39, 0.29) is 12.6 Å². The van der Waals surface area contributed by atoms with Crippen LogP contribution in [0.2, 0.25) is 0 Å². The smallest absolute Gasteiger partial charge is 0.161 e. The van der Waals surface area contributed by atoms with Gasteiger partial charge in [-0.05, 0) is 45.0 Å². The van der Waals surface area contributed by atoms with E-state index in [9.17, 15) is 5.11 Å². The number of hydrogen-bond donors (Lipinski definition) is 1. The number of hydrogen-bond acceptors (Lipinski definition) is 5. The fourth-order valence-electron chi connectivity index (χ4n) is 3.48. The van der Waals surface area contributed by atoms with Gasteiger partial charge in [0.15, 0.2) is 11.5 Å². The van der Waals surface area contributed by atoms with Crippen LogP contribution >= 0.6 is 0 Å². The van der Waals surface area contributed by atoms with E-state index in [1.807, 2.05) is 32.0 Å². The lowest BCUT2D eigenvalue weighted by molar-refractivity contribution is 0.0366. The van der Waals surface area contributed by atoms with E-state index >= 15 is 0 Å². The average Bonchev–Trinajstić information content (AvgIpc) is 2.58. The molecule has 1 aliphatic rings. The standard InChI is InChI=1S/C19H32N2O3/c1-5-20-10-11-21(13-15(20)4)17(14-22)16-8-9-18(23-6-2)19(12-16)24-7-3/h8-9,12,15,17,22H,5-7,10-11,13-14H2,1-4H3. The first-order valence-corrected chi connectivity index (χ1v) is 9.13. The molecule has 0 radical (unpaired) electrons. The molecular formula is C19H32N2O3. The van der Waals surface area contributed by atoms with Crippen LogP contribution in [0, 0.1) is 0 Å². The summed E-state index contributed by atoms with van der Waals surface area (Å²) in [6.07, 6.45) is 0. The Morgan fingerprint density at radius 2 is 1.83 bits per heavy atom. The molecule has 0 aromatic heterocycles. The highest BCUT2D eigenvalue weighted by atomic mass is 16.5. The maximum absolute atomic E-state index is 10.0. The molecule has 0 bridgehead atoms. The first-order chi connectivity index (χ1) is 11.6. The van der Waals surface area contributed by atoms with Gasteiger partial charge < -0.3 is 14.6 Å². The van der Waals surface area contributed by atoms with Crippen LogP contribution in [0.15, 0.2) is 18.2 Å². The molecule has 1 N–H and O–H groups in total. The molecule has 2 atom stereocenters. The molecule has 0 aliphatic carbocycles. The van der Waals surface area contributed by atoms with E-state index in [0.29, 0.717) is 19.3 Å². The third-order valence-electron chi connectivity index (χ3n) is 4.77.